The number of hydrogen-bond donors (Lipinski definition) is 0. The number of nitrogens with zero attached hydrogens (tertiary/aromatic N) is 10. The Kier molecular flexibility index (Phi) is 31.2. The van der Waals surface area contributed by atoms with E-state index >= 15 is 0 Å². The quantitative estimate of drug-likeness (QED) is 0.0554. The number of aliphatic imine (C=N–C) groups is 4. The summed E-state index contributed by atoms with van der Waals surface area (Å²) in [7, 11) is 0. The SMILES string of the molecule is CC(=NCCc1ccccn1)c1cccc(C(C)=NCCc2ccccn2)n1.CC(=NCCc1ccccn1)c1cccc(C(C)=NCCc2ccccn2)n1.CCCCC.CCCCC.[Mo]. The Morgan fingerprint density at radius 2 is 0.582 bits per heavy atom. The van der Waals surface area contributed by atoms with Crippen LogP contribution in [0.2, 0.25) is 0 Å². The first-order chi connectivity index (χ1) is 32.3. The van der Waals surface area contributed by atoms with Crippen LogP contribution in [0.3, 0.4) is 0 Å². The molecule has 354 valence electrons. The van der Waals surface area contributed by atoms with Crippen LogP contribution in [0.4, 0.5) is 0 Å². The molecule has 0 aliphatic heterocycles. The topological polar surface area (TPSA) is 127 Å². The number of rotatable bonds is 20. The third-order valence-corrected chi connectivity index (χ3v) is 10.2. The molecular formula is C56H74MoN10. The smallest absolute Gasteiger partial charge is 0.0845 e. The molecule has 0 aliphatic carbocycles. The van der Waals surface area contributed by atoms with Crippen LogP contribution in [0.15, 0.2) is 154 Å². The number of aromatic nitrogens is 6. The van der Waals surface area contributed by atoms with Crippen molar-refractivity contribution < 1.29 is 21.1 Å². The fourth-order valence-corrected chi connectivity index (χ4v) is 6.24. The molecule has 0 N–H and O–H groups in total. The summed E-state index contributed by atoms with van der Waals surface area (Å²) in [6, 6.07) is 35.8. The Morgan fingerprint density at radius 3 is 0.761 bits per heavy atom. The Bertz CT molecular complexity index is 1980. The number of pyridine rings is 6. The average Bonchev–Trinajstić information content (AvgIpc) is 3.36. The van der Waals surface area contributed by atoms with E-state index in [0.717, 1.165) is 94.1 Å². The molecule has 0 spiro atoms. The van der Waals surface area contributed by atoms with Gasteiger partial charge in [0, 0.05) is 120 Å². The van der Waals surface area contributed by atoms with Gasteiger partial charge in [-0.25, -0.2) is 9.97 Å². The molecule has 6 rings (SSSR count). The maximum Gasteiger partial charge on any atom is 0.0845 e. The van der Waals surface area contributed by atoms with E-state index < -0.39 is 0 Å². The fourth-order valence-electron chi connectivity index (χ4n) is 6.24. The van der Waals surface area contributed by atoms with Gasteiger partial charge >= 0.3 is 0 Å². The molecule has 6 aromatic heterocycles. The van der Waals surface area contributed by atoms with Crippen molar-refractivity contribution in [1.82, 2.24) is 29.9 Å². The van der Waals surface area contributed by atoms with Gasteiger partial charge < -0.3 is 0 Å². The monoisotopic (exact) mass is 985 g/mol. The van der Waals surface area contributed by atoms with Crippen LogP contribution >= 0.6 is 0 Å². The summed E-state index contributed by atoms with van der Waals surface area (Å²) in [5.74, 6) is 0. The molecule has 0 unspecified atom stereocenters. The number of hydrogen-bond acceptors (Lipinski definition) is 10. The molecule has 0 fully saturated rings. The molecule has 11 heteroatoms. The van der Waals surface area contributed by atoms with Crippen LogP contribution in [0.1, 0.15) is 139 Å². The van der Waals surface area contributed by atoms with Crippen molar-refractivity contribution in [2.45, 2.75) is 120 Å². The zero-order chi connectivity index (χ0) is 47.5. The molecule has 0 amide bonds. The van der Waals surface area contributed by atoms with E-state index in [1.54, 1.807) is 0 Å². The van der Waals surface area contributed by atoms with Crippen LogP contribution in [0, 0.1) is 0 Å². The Labute approximate surface area is 417 Å². The van der Waals surface area contributed by atoms with Crippen molar-refractivity contribution in [1.29, 1.82) is 0 Å². The van der Waals surface area contributed by atoms with Crippen molar-refractivity contribution >= 4 is 22.8 Å². The second-order valence-electron chi connectivity index (χ2n) is 15.7. The Hall–Kier alpha value is -5.73. The molecule has 6 aromatic rings. The second-order valence-corrected chi connectivity index (χ2v) is 15.7. The summed E-state index contributed by atoms with van der Waals surface area (Å²) >= 11 is 0. The van der Waals surface area contributed by atoms with E-state index in [9.17, 15) is 0 Å². The predicted molar refractivity (Wildman–Crippen MR) is 279 cm³/mol. The van der Waals surface area contributed by atoms with Gasteiger partial charge in [-0.2, -0.15) is 0 Å². The van der Waals surface area contributed by atoms with Gasteiger partial charge in [0.2, 0.25) is 0 Å². The van der Waals surface area contributed by atoms with Gasteiger partial charge in [-0.3, -0.25) is 39.9 Å². The summed E-state index contributed by atoms with van der Waals surface area (Å²) in [5, 5.41) is 0. The van der Waals surface area contributed by atoms with Crippen LogP contribution < -0.4 is 0 Å². The number of unbranched alkanes of at least 4 members (excludes halogenated alkanes) is 4. The van der Waals surface area contributed by atoms with Crippen LogP contribution in [-0.2, 0) is 46.7 Å². The first kappa shape index (κ1) is 57.4. The van der Waals surface area contributed by atoms with E-state index in [-0.39, 0.29) is 21.1 Å². The molecule has 67 heavy (non-hydrogen) atoms. The van der Waals surface area contributed by atoms with Gasteiger partial charge in [0.15, 0.2) is 0 Å². The molecule has 0 aromatic carbocycles. The molecule has 0 bridgehead atoms. The van der Waals surface area contributed by atoms with Crippen molar-refractivity contribution in [3.05, 3.63) is 180 Å². The molecule has 0 aliphatic rings. The molecule has 6 heterocycles. The van der Waals surface area contributed by atoms with E-state index in [2.05, 4.69) is 67.6 Å². The molecule has 10 nitrogen and oxygen atoms in total. The average molecular weight is 983 g/mol. The minimum Gasteiger partial charge on any atom is -0.287 e. The fraction of sp³-hybridized carbons (Fsp3) is 0.393. The predicted octanol–water partition coefficient (Wildman–Crippen LogP) is 12.3. The Morgan fingerprint density at radius 1 is 0.343 bits per heavy atom. The van der Waals surface area contributed by atoms with Gasteiger partial charge in [0.1, 0.15) is 0 Å². The van der Waals surface area contributed by atoms with Gasteiger partial charge in [-0.05, 0) is 100 Å². The van der Waals surface area contributed by atoms with Crippen molar-refractivity contribution in [2.75, 3.05) is 26.2 Å². The summed E-state index contributed by atoms with van der Waals surface area (Å²) in [4.78, 5) is 45.4. The van der Waals surface area contributed by atoms with Crippen LogP contribution in [0.5, 0.6) is 0 Å². The normalized spacial score (nSPS) is 11.5. The first-order valence-electron chi connectivity index (χ1n) is 23.9. The van der Waals surface area contributed by atoms with Crippen LogP contribution in [-0.4, -0.2) is 78.9 Å². The summed E-state index contributed by atoms with van der Waals surface area (Å²) < 4.78 is 0. The second kappa shape index (κ2) is 36.4. The molecule has 0 atom stereocenters. The maximum atomic E-state index is 4.73. The zero-order valence-corrected chi connectivity index (χ0v) is 43.5. The van der Waals surface area contributed by atoms with Crippen molar-refractivity contribution in [3.63, 3.8) is 0 Å². The molecule has 0 saturated carbocycles. The summed E-state index contributed by atoms with van der Waals surface area (Å²) in [6.07, 6.45) is 18.7. The molecule has 0 saturated heterocycles. The van der Waals surface area contributed by atoms with Crippen LogP contribution in [0.25, 0.3) is 0 Å². The van der Waals surface area contributed by atoms with E-state index in [4.69, 9.17) is 9.97 Å². The van der Waals surface area contributed by atoms with Gasteiger partial charge in [0.05, 0.1) is 45.6 Å². The minimum absolute atomic E-state index is 0. The third-order valence-electron chi connectivity index (χ3n) is 10.2. The van der Waals surface area contributed by atoms with Crippen molar-refractivity contribution in [2.24, 2.45) is 20.0 Å². The van der Waals surface area contributed by atoms with Gasteiger partial charge in [-0.15, -0.1) is 0 Å². The van der Waals surface area contributed by atoms with E-state index in [1.165, 1.54) is 38.5 Å². The van der Waals surface area contributed by atoms with Gasteiger partial charge in [0.25, 0.3) is 0 Å². The molecular weight excluding hydrogens is 909 g/mol. The minimum atomic E-state index is 0. The zero-order valence-electron chi connectivity index (χ0n) is 41.5. The molecule has 0 radical (unpaired) electrons. The van der Waals surface area contributed by atoms with Gasteiger partial charge in [-0.1, -0.05) is 103 Å². The Balaban J connectivity index is 0.000000378. The third kappa shape index (κ3) is 25.1. The standard InChI is InChI=1S/2C23H25N5.2C5H12.Mo/c2*1-18(24-16-12-20-8-3-5-14-26-20)22-10-7-11-23(28-22)19(2)25-17-13-21-9-4-6-15-27-21;2*1-3-5-4-2;/h2*3-11,14-15H,12-13,16-17H2,1-2H3;2*3-5H2,1-2H3;. The first-order valence-corrected chi connectivity index (χ1v) is 23.9. The summed E-state index contributed by atoms with van der Waals surface area (Å²) in [5.41, 5.74) is 11.5. The van der Waals surface area contributed by atoms with E-state index in [1.807, 2.05) is 162 Å². The largest absolute Gasteiger partial charge is 0.287 e. The maximum absolute atomic E-state index is 4.73. The van der Waals surface area contributed by atoms with Crippen molar-refractivity contribution in [3.8, 4) is 0 Å². The summed E-state index contributed by atoms with van der Waals surface area (Å²) in [6.45, 7) is 19.6. The van der Waals surface area contributed by atoms with E-state index in [0.29, 0.717) is 26.2 Å².